The number of unbranched alkanes of at least 4 members (excludes halogenated alkanes) is 7. The van der Waals surface area contributed by atoms with Crippen molar-refractivity contribution in [3.63, 3.8) is 0 Å². The number of hydrogen-bond acceptors (Lipinski definition) is 2. The molecule has 0 radical (unpaired) electrons. The SMILES string of the molecule is CCCCCCCCCCC(CC(F)(F)F)C(=O)OC. The van der Waals surface area contributed by atoms with Crippen LogP contribution in [0.4, 0.5) is 13.2 Å². The highest BCUT2D eigenvalue weighted by Crippen LogP contribution is 2.28. The molecule has 0 saturated heterocycles. The highest BCUT2D eigenvalue weighted by molar-refractivity contribution is 5.72. The van der Waals surface area contributed by atoms with E-state index in [0.29, 0.717) is 6.42 Å². The summed E-state index contributed by atoms with van der Waals surface area (Å²) in [7, 11) is 1.14. The largest absolute Gasteiger partial charge is 0.469 e. The van der Waals surface area contributed by atoms with E-state index in [1.54, 1.807) is 0 Å². The summed E-state index contributed by atoms with van der Waals surface area (Å²) in [5, 5.41) is 0. The summed E-state index contributed by atoms with van der Waals surface area (Å²) in [6.07, 6.45) is 3.46. The molecule has 0 heterocycles. The fourth-order valence-electron chi connectivity index (χ4n) is 2.27. The van der Waals surface area contributed by atoms with Crippen molar-refractivity contribution in [3.05, 3.63) is 0 Å². The second kappa shape index (κ2) is 11.0. The van der Waals surface area contributed by atoms with Gasteiger partial charge in [0.2, 0.25) is 0 Å². The molecule has 0 amide bonds. The second-order valence-electron chi connectivity index (χ2n) is 5.30. The average Bonchev–Trinajstić information content (AvgIpc) is 2.38. The maximum atomic E-state index is 12.3. The molecule has 20 heavy (non-hydrogen) atoms. The smallest absolute Gasteiger partial charge is 0.389 e. The van der Waals surface area contributed by atoms with E-state index >= 15 is 0 Å². The lowest BCUT2D eigenvalue weighted by Gasteiger charge is -2.16. The second-order valence-corrected chi connectivity index (χ2v) is 5.30. The van der Waals surface area contributed by atoms with Crippen LogP contribution in [0, 0.1) is 5.92 Å². The molecular weight excluding hydrogens is 269 g/mol. The summed E-state index contributed by atoms with van der Waals surface area (Å²) < 4.78 is 41.5. The zero-order valence-corrected chi connectivity index (χ0v) is 12.6. The van der Waals surface area contributed by atoms with E-state index in [1.165, 1.54) is 25.7 Å². The Hall–Kier alpha value is -0.740. The van der Waals surface area contributed by atoms with E-state index in [4.69, 9.17) is 0 Å². The highest BCUT2D eigenvalue weighted by atomic mass is 19.4. The molecule has 0 N–H and O–H groups in total. The quantitative estimate of drug-likeness (QED) is 0.384. The molecule has 0 aliphatic carbocycles. The van der Waals surface area contributed by atoms with Crippen molar-refractivity contribution in [1.29, 1.82) is 0 Å². The first-order chi connectivity index (χ1) is 9.40. The van der Waals surface area contributed by atoms with Gasteiger partial charge in [0.25, 0.3) is 0 Å². The lowest BCUT2D eigenvalue weighted by atomic mass is 9.97. The molecule has 0 saturated carbocycles. The summed E-state index contributed by atoms with van der Waals surface area (Å²) in [4.78, 5) is 11.3. The number of ether oxygens (including phenoxy) is 1. The summed E-state index contributed by atoms with van der Waals surface area (Å²) in [6.45, 7) is 2.16. The first kappa shape index (κ1) is 19.3. The lowest BCUT2D eigenvalue weighted by molar-refractivity contribution is -0.166. The first-order valence-electron chi connectivity index (χ1n) is 7.55. The number of esters is 1. The van der Waals surface area contributed by atoms with E-state index in [9.17, 15) is 18.0 Å². The lowest BCUT2D eigenvalue weighted by Crippen LogP contribution is -2.23. The van der Waals surface area contributed by atoms with Gasteiger partial charge >= 0.3 is 12.1 Å². The molecule has 0 rings (SSSR count). The monoisotopic (exact) mass is 296 g/mol. The van der Waals surface area contributed by atoms with Crippen LogP contribution in [0.25, 0.3) is 0 Å². The van der Waals surface area contributed by atoms with Gasteiger partial charge < -0.3 is 4.74 Å². The van der Waals surface area contributed by atoms with Crippen LogP contribution in [-0.4, -0.2) is 19.3 Å². The number of alkyl halides is 3. The molecule has 2 nitrogen and oxygen atoms in total. The van der Waals surface area contributed by atoms with E-state index in [2.05, 4.69) is 11.7 Å². The van der Waals surface area contributed by atoms with E-state index in [1.807, 2.05) is 0 Å². The summed E-state index contributed by atoms with van der Waals surface area (Å²) in [6, 6.07) is 0. The normalized spacial score (nSPS) is 13.2. The zero-order valence-electron chi connectivity index (χ0n) is 12.6. The molecule has 0 aliphatic rings. The van der Waals surface area contributed by atoms with Gasteiger partial charge in [-0.15, -0.1) is 0 Å². The number of carbonyl (C=O) groups excluding carboxylic acids is 1. The topological polar surface area (TPSA) is 26.3 Å². The fourth-order valence-corrected chi connectivity index (χ4v) is 2.27. The Labute approximate surface area is 120 Å². The van der Waals surface area contributed by atoms with Crippen molar-refractivity contribution in [2.24, 2.45) is 5.92 Å². The van der Waals surface area contributed by atoms with Gasteiger partial charge in [0.1, 0.15) is 0 Å². The van der Waals surface area contributed by atoms with E-state index < -0.39 is 24.5 Å². The predicted molar refractivity (Wildman–Crippen MR) is 73.4 cm³/mol. The Balaban J connectivity index is 3.77. The molecular formula is C15H27F3O2. The molecule has 0 fully saturated rings. The van der Waals surface area contributed by atoms with Crippen LogP contribution in [0.2, 0.25) is 0 Å². The number of methoxy groups -OCH3 is 1. The van der Waals surface area contributed by atoms with Crippen molar-refractivity contribution < 1.29 is 22.7 Å². The van der Waals surface area contributed by atoms with Crippen LogP contribution < -0.4 is 0 Å². The molecule has 1 unspecified atom stereocenters. The van der Waals surface area contributed by atoms with Gasteiger partial charge in [-0.3, -0.25) is 4.79 Å². The molecule has 0 bridgehead atoms. The van der Waals surface area contributed by atoms with Crippen molar-refractivity contribution in [2.75, 3.05) is 7.11 Å². The van der Waals surface area contributed by atoms with Gasteiger partial charge in [-0.1, -0.05) is 58.3 Å². The minimum atomic E-state index is -4.31. The van der Waals surface area contributed by atoms with Gasteiger partial charge in [-0.25, -0.2) is 0 Å². The van der Waals surface area contributed by atoms with Gasteiger partial charge in [0, 0.05) is 0 Å². The minimum absolute atomic E-state index is 0.265. The average molecular weight is 296 g/mol. The number of halogens is 3. The summed E-state index contributed by atoms with van der Waals surface area (Å²) >= 11 is 0. The summed E-state index contributed by atoms with van der Waals surface area (Å²) in [5.41, 5.74) is 0. The maximum Gasteiger partial charge on any atom is 0.389 e. The Morgan fingerprint density at radius 3 is 1.95 bits per heavy atom. The number of rotatable bonds is 11. The molecule has 0 aliphatic heterocycles. The van der Waals surface area contributed by atoms with Crippen LogP contribution in [0.1, 0.15) is 71.1 Å². The van der Waals surface area contributed by atoms with Crippen LogP contribution in [0.5, 0.6) is 0 Å². The maximum absolute atomic E-state index is 12.3. The van der Waals surface area contributed by atoms with Crippen LogP contribution in [0.3, 0.4) is 0 Å². The van der Waals surface area contributed by atoms with Crippen LogP contribution in [-0.2, 0) is 9.53 Å². The van der Waals surface area contributed by atoms with Crippen LogP contribution >= 0.6 is 0 Å². The van der Waals surface area contributed by atoms with Crippen molar-refractivity contribution >= 4 is 5.97 Å². The molecule has 0 aromatic carbocycles. The molecule has 0 aromatic rings. The standard InChI is InChI=1S/C15H27F3O2/c1-3-4-5-6-7-8-9-10-11-13(14(19)20-2)12-15(16,17)18/h13H,3-12H2,1-2H3. The predicted octanol–water partition coefficient (Wildman–Crippen LogP) is 5.26. The van der Waals surface area contributed by atoms with Crippen LogP contribution in [0.15, 0.2) is 0 Å². The Kier molecular flexibility index (Phi) is 10.6. The van der Waals surface area contributed by atoms with E-state index in [0.717, 1.165) is 26.4 Å². The zero-order chi connectivity index (χ0) is 15.4. The number of hydrogen-bond donors (Lipinski definition) is 0. The Morgan fingerprint density at radius 2 is 1.50 bits per heavy atom. The van der Waals surface area contributed by atoms with Gasteiger partial charge in [-0.05, 0) is 6.42 Å². The van der Waals surface area contributed by atoms with Crippen molar-refractivity contribution in [2.45, 2.75) is 77.3 Å². The Bertz CT molecular complexity index is 252. The van der Waals surface area contributed by atoms with Gasteiger partial charge in [0.05, 0.1) is 19.4 Å². The van der Waals surface area contributed by atoms with E-state index in [-0.39, 0.29) is 6.42 Å². The van der Waals surface area contributed by atoms with Crippen molar-refractivity contribution in [3.8, 4) is 0 Å². The third-order valence-electron chi connectivity index (χ3n) is 3.42. The molecule has 1 atom stereocenters. The molecule has 5 heteroatoms. The summed E-state index contributed by atoms with van der Waals surface area (Å²) in [5.74, 6) is -1.79. The molecule has 0 aromatic heterocycles. The van der Waals surface area contributed by atoms with Crippen molar-refractivity contribution in [1.82, 2.24) is 0 Å². The highest BCUT2D eigenvalue weighted by Gasteiger charge is 2.35. The third-order valence-corrected chi connectivity index (χ3v) is 3.42. The number of carbonyl (C=O) groups is 1. The fraction of sp³-hybridized carbons (Fsp3) is 0.933. The first-order valence-corrected chi connectivity index (χ1v) is 7.55. The van der Waals surface area contributed by atoms with Gasteiger partial charge in [-0.2, -0.15) is 13.2 Å². The minimum Gasteiger partial charge on any atom is -0.469 e. The molecule has 120 valence electrons. The third kappa shape index (κ3) is 11.1. The van der Waals surface area contributed by atoms with Gasteiger partial charge in [0.15, 0.2) is 0 Å². The molecule has 0 spiro atoms. The Morgan fingerprint density at radius 1 is 1.00 bits per heavy atom.